The van der Waals surface area contributed by atoms with Crippen molar-refractivity contribution in [3.05, 3.63) is 166 Å². The molecule has 4 nitrogen and oxygen atoms in total. The van der Waals surface area contributed by atoms with Crippen LogP contribution < -0.4 is 5.32 Å². The van der Waals surface area contributed by atoms with E-state index in [1.807, 2.05) is 105 Å². The van der Waals surface area contributed by atoms with Gasteiger partial charge in [0, 0.05) is 22.4 Å². The minimum absolute atomic E-state index is 0.0162. The number of hydrogen-bond acceptors (Lipinski definition) is 3. The van der Waals surface area contributed by atoms with Crippen molar-refractivity contribution in [2.45, 2.75) is 31.7 Å². The summed E-state index contributed by atoms with van der Waals surface area (Å²) in [4.78, 5) is 26.7. The van der Waals surface area contributed by atoms with Crippen LogP contribution in [0.5, 0.6) is 0 Å². The molecule has 1 aliphatic rings. The third-order valence-corrected chi connectivity index (χ3v) is 8.68. The smallest absolute Gasteiger partial charge is 0.407 e. The van der Waals surface area contributed by atoms with E-state index in [0.717, 1.165) is 27.8 Å². The molecule has 0 heterocycles. The SMILES string of the molecule is CC(C)[C@H](NC(=O)OCC1c2ccccc2-c2ccccc21)C(=O)c1ccc(C(c2ccccc2)c2ccc(Cl)cc2)cc1. The Morgan fingerprint density at radius 1 is 0.682 bits per heavy atom. The number of halogens is 1. The van der Waals surface area contributed by atoms with Crippen molar-refractivity contribution in [3.8, 4) is 11.1 Å². The maximum absolute atomic E-state index is 13.7. The number of ether oxygens (including phenoxy) is 1. The van der Waals surface area contributed by atoms with Crippen LogP contribution in [0.1, 0.15) is 63.9 Å². The number of carbonyl (C=O) groups is 2. The van der Waals surface area contributed by atoms with Crippen molar-refractivity contribution < 1.29 is 14.3 Å². The van der Waals surface area contributed by atoms with Crippen molar-refractivity contribution in [1.82, 2.24) is 5.32 Å². The summed E-state index contributed by atoms with van der Waals surface area (Å²) in [6, 6.07) is 41.5. The van der Waals surface area contributed by atoms with Gasteiger partial charge in [-0.3, -0.25) is 4.79 Å². The van der Waals surface area contributed by atoms with Crippen LogP contribution >= 0.6 is 11.6 Å². The van der Waals surface area contributed by atoms with Crippen molar-refractivity contribution in [2.24, 2.45) is 5.92 Å². The van der Waals surface area contributed by atoms with Crippen molar-refractivity contribution >= 4 is 23.5 Å². The second kappa shape index (κ2) is 12.9. The summed E-state index contributed by atoms with van der Waals surface area (Å²) in [5.74, 6) is -0.346. The number of Topliss-reactive ketones (excluding diaryl/α,β-unsaturated/α-hetero) is 1. The van der Waals surface area contributed by atoms with Crippen LogP contribution in [0.25, 0.3) is 11.1 Å². The van der Waals surface area contributed by atoms with E-state index in [2.05, 4.69) is 41.7 Å². The Bertz CT molecular complexity index is 1720. The first kappa shape index (κ1) is 29.4. The number of nitrogens with one attached hydrogen (secondary N) is 1. The number of amides is 1. The minimum atomic E-state index is -0.724. The van der Waals surface area contributed by atoms with E-state index in [-0.39, 0.29) is 30.1 Å². The molecule has 0 bridgehead atoms. The van der Waals surface area contributed by atoms with Gasteiger partial charge >= 0.3 is 6.09 Å². The quantitative estimate of drug-likeness (QED) is 0.136. The van der Waals surface area contributed by atoms with E-state index < -0.39 is 12.1 Å². The summed E-state index contributed by atoms with van der Waals surface area (Å²) in [6.07, 6.45) is -0.595. The predicted molar refractivity (Wildman–Crippen MR) is 176 cm³/mol. The topological polar surface area (TPSA) is 55.4 Å². The molecule has 2 atom stereocenters. The lowest BCUT2D eigenvalue weighted by molar-refractivity contribution is 0.0889. The third kappa shape index (κ3) is 6.04. The standard InChI is InChI=1S/C39H34ClNO3/c1-25(2)37(41-39(43)44-24-35-33-14-8-6-12-31(33)32-13-7-9-15-34(32)35)38(42)29-18-16-27(17-19-29)36(26-10-4-3-5-11-26)28-20-22-30(40)23-21-28/h3-23,25,35-37H,24H2,1-2H3,(H,41,43)/t36?,37-/m0/s1. The van der Waals surface area contributed by atoms with Gasteiger partial charge in [-0.25, -0.2) is 4.79 Å². The third-order valence-electron chi connectivity index (χ3n) is 8.43. The molecule has 1 unspecified atom stereocenters. The molecule has 0 fully saturated rings. The molecule has 5 aromatic rings. The first-order valence-corrected chi connectivity index (χ1v) is 15.3. The second-order valence-electron chi connectivity index (χ2n) is 11.6. The van der Waals surface area contributed by atoms with Gasteiger partial charge in [-0.2, -0.15) is 0 Å². The first-order chi connectivity index (χ1) is 21.4. The molecular weight excluding hydrogens is 566 g/mol. The molecule has 5 aromatic carbocycles. The van der Waals surface area contributed by atoms with Gasteiger partial charge in [-0.1, -0.05) is 141 Å². The largest absolute Gasteiger partial charge is 0.449 e. The minimum Gasteiger partial charge on any atom is -0.449 e. The number of alkyl carbamates (subject to hydrolysis) is 1. The normalized spacial score (nSPS) is 13.5. The number of carbonyl (C=O) groups excluding carboxylic acids is 2. The molecule has 1 amide bonds. The molecule has 1 N–H and O–H groups in total. The Hall–Kier alpha value is -4.67. The molecule has 0 aromatic heterocycles. The van der Waals surface area contributed by atoms with Gasteiger partial charge in [0.1, 0.15) is 6.61 Å². The number of ketones is 1. The number of rotatable bonds is 9. The van der Waals surface area contributed by atoms with Crippen LogP contribution in [0, 0.1) is 5.92 Å². The van der Waals surface area contributed by atoms with Crippen LogP contribution in [-0.2, 0) is 4.74 Å². The van der Waals surface area contributed by atoms with Crippen LogP contribution in [-0.4, -0.2) is 24.5 Å². The number of benzene rings is 5. The maximum Gasteiger partial charge on any atom is 0.407 e. The van der Waals surface area contributed by atoms with Crippen molar-refractivity contribution in [1.29, 1.82) is 0 Å². The first-order valence-electron chi connectivity index (χ1n) is 15.0. The van der Waals surface area contributed by atoms with E-state index in [9.17, 15) is 9.59 Å². The van der Waals surface area contributed by atoms with Crippen LogP contribution in [0.15, 0.2) is 127 Å². The lowest BCUT2D eigenvalue weighted by atomic mass is 9.84. The molecular formula is C39H34ClNO3. The number of hydrogen-bond donors (Lipinski definition) is 1. The zero-order chi connectivity index (χ0) is 30.6. The average Bonchev–Trinajstić information content (AvgIpc) is 3.37. The molecule has 5 heteroatoms. The monoisotopic (exact) mass is 599 g/mol. The summed E-state index contributed by atoms with van der Waals surface area (Å²) in [5, 5.41) is 3.54. The van der Waals surface area contributed by atoms with Crippen molar-refractivity contribution in [2.75, 3.05) is 6.61 Å². The highest BCUT2D eigenvalue weighted by molar-refractivity contribution is 6.30. The van der Waals surface area contributed by atoms with Gasteiger partial charge < -0.3 is 10.1 Å². The zero-order valence-corrected chi connectivity index (χ0v) is 25.5. The van der Waals surface area contributed by atoms with Gasteiger partial charge in [-0.05, 0) is 57.0 Å². The Morgan fingerprint density at radius 2 is 1.18 bits per heavy atom. The highest BCUT2D eigenvalue weighted by Gasteiger charge is 2.31. The Morgan fingerprint density at radius 3 is 1.75 bits per heavy atom. The maximum atomic E-state index is 13.7. The fourth-order valence-corrected chi connectivity index (χ4v) is 6.33. The molecule has 0 saturated carbocycles. The summed E-state index contributed by atoms with van der Waals surface area (Å²) in [7, 11) is 0. The van der Waals surface area contributed by atoms with Crippen LogP contribution in [0.2, 0.25) is 5.02 Å². The summed E-state index contributed by atoms with van der Waals surface area (Å²) >= 11 is 6.17. The Kier molecular flexibility index (Phi) is 8.63. The number of fused-ring (bicyclic) bond motifs is 3. The predicted octanol–water partition coefficient (Wildman–Crippen LogP) is 9.27. The van der Waals surface area contributed by atoms with Gasteiger partial charge in [0.05, 0.1) is 6.04 Å². The zero-order valence-electron chi connectivity index (χ0n) is 24.7. The molecule has 0 saturated heterocycles. The summed E-state index contributed by atoms with van der Waals surface area (Å²) in [6.45, 7) is 4.04. The molecule has 220 valence electrons. The fraction of sp³-hybridized carbons (Fsp3) is 0.179. The van der Waals surface area contributed by atoms with E-state index in [1.54, 1.807) is 0 Å². The molecule has 1 aliphatic carbocycles. The lowest BCUT2D eigenvalue weighted by Gasteiger charge is -2.23. The van der Waals surface area contributed by atoms with Gasteiger partial charge in [0.15, 0.2) is 5.78 Å². The second-order valence-corrected chi connectivity index (χ2v) is 12.0. The highest BCUT2D eigenvalue weighted by atomic mass is 35.5. The van der Waals surface area contributed by atoms with Gasteiger partial charge in [0.25, 0.3) is 0 Å². The van der Waals surface area contributed by atoms with Crippen LogP contribution in [0.4, 0.5) is 4.79 Å². The lowest BCUT2D eigenvalue weighted by Crippen LogP contribution is -2.45. The van der Waals surface area contributed by atoms with Crippen LogP contribution in [0.3, 0.4) is 0 Å². The van der Waals surface area contributed by atoms with E-state index in [1.165, 1.54) is 11.1 Å². The Labute approximate surface area is 263 Å². The molecule has 0 aliphatic heterocycles. The molecule has 0 spiro atoms. The van der Waals surface area contributed by atoms with E-state index in [0.29, 0.717) is 10.6 Å². The van der Waals surface area contributed by atoms with Crippen molar-refractivity contribution in [3.63, 3.8) is 0 Å². The molecule has 0 radical (unpaired) electrons. The molecule has 6 rings (SSSR count). The van der Waals surface area contributed by atoms with E-state index in [4.69, 9.17) is 16.3 Å². The molecule has 44 heavy (non-hydrogen) atoms. The van der Waals surface area contributed by atoms with Gasteiger partial charge in [-0.15, -0.1) is 0 Å². The van der Waals surface area contributed by atoms with Gasteiger partial charge in [0.2, 0.25) is 0 Å². The van der Waals surface area contributed by atoms with E-state index >= 15 is 0 Å². The fourth-order valence-electron chi connectivity index (χ4n) is 6.20. The highest BCUT2D eigenvalue weighted by Crippen LogP contribution is 2.44. The Balaban J connectivity index is 1.17. The summed E-state index contributed by atoms with van der Waals surface area (Å²) < 4.78 is 5.75. The summed E-state index contributed by atoms with van der Waals surface area (Å²) in [5.41, 5.74) is 8.47. The average molecular weight is 600 g/mol.